The lowest BCUT2D eigenvalue weighted by molar-refractivity contribution is -0.139. The fourth-order valence-electron chi connectivity index (χ4n) is 1.90. The number of amides is 1. The molecule has 1 saturated heterocycles. The van der Waals surface area contributed by atoms with Crippen molar-refractivity contribution in [2.45, 2.75) is 52.2 Å². The van der Waals surface area contributed by atoms with Crippen LogP contribution in [0.3, 0.4) is 0 Å². The maximum absolute atomic E-state index is 11.8. The standard InChI is InChI=1S/C11H20N2O2.C2H6/c1-9(2)12-7-10(14)13-5-6-15-11(8-13)3-4-11;1-2/h9,12H,3-8H2,1-2H3;1-2H3. The Balaban J connectivity index is 0.000000686. The third kappa shape index (κ3) is 4.28. The quantitative estimate of drug-likeness (QED) is 0.813. The highest BCUT2D eigenvalue weighted by Crippen LogP contribution is 2.41. The molecule has 17 heavy (non-hydrogen) atoms. The van der Waals surface area contributed by atoms with Crippen LogP contribution in [-0.2, 0) is 9.53 Å². The number of rotatable bonds is 3. The van der Waals surface area contributed by atoms with Crippen LogP contribution in [0.25, 0.3) is 0 Å². The van der Waals surface area contributed by atoms with E-state index < -0.39 is 0 Å². The number of carbonyl (C=O) groups is 1. The van der Waals surface area contributed by atoms with Crippen molar-refractivity contribution in [1.29, 1.82) is 0 Å². The van der Waals surface area contributed by atoms with Crippen molar-refractivity contribution in [1.82, 2.24) is 10.2 Å². The molecule has 1 aliphatic heterocycles. The Kier molecular flexibility index (Phi) is 5.40. The first kappa shape index (κ1) is 14.5. The Morgan fingerprint density at radius 1 is 1.41 bits per heavy atom. The predicted octanol–water partition coefficient (Wildman–Crippen LogP) is 1.40. The Morgan fingerprint density at radius 2 is 2.06 bits per heavy atom. The summed E-state index contributed by atoms with van der Waals surface area (Å²) in [5, 5.41) is 3.16. The Hall–Kier alpha value is -0.610. The van der Waals surface area contributed by atoms with Gasteiger partial charge < -0.3 is 15.0 Å². The van der Waals surface area contributed by atoms with E-state index in [1.54, 1.807) is 0 Å². The largest absolute Gasteiger partial charge is 0.371 e. The second kappa shape index (κ2) is 6.36. The van der Waals surface area contributed by atoms with Crippen LogP contribution in [0.15, 0.2) is 0 Å². The molecule has 0 aromatic carbocycles. The highest BCUT2D eigenvalue weighted by Gasteiger charge is 2.48. The number of nitrogens with zero attached hydrogens (tertiary/aromatic N) is 1. The van der Waals surface area contributed by atoms with Gasteiger partial charge in [0, 0.05) is 19.1 Å². The first-order valence-corrected chi connectivity index (χ1v) is 6.76. The summed E-state index contributed by atoms with van der Waals surface area (Å²) in [7, 11) is 0. The molecule has 4 heteroatoms. The van der Waals surface area contributed by atoms with Gasteiger partial charge in [0.25, 0.3) is 0 Å². The fraction of sp³-hybridized carbons (Fsp3) is 0.923. The minimum atomic E-state index is 0.0474. The van der Waals surface area contributed by atoms with E-state index in [2.05, 4.69) is 19.2 Å². The van der Waals surface area contributed by atoms with Crippen LogP contribution in [0.1, 0.15) is 40.5 Å². The normalized spacial score (nSPS) is 21.1. The number of nitrogens with one attached hydrogen (secondary N) is 1. The minimum Gasteiger partial charge on any atom is -0.371 e. The van der Waals surface area contributed by atoms with Crippen molar-refractivity contribution in [3.05, 3.63) is 0 Å². The first-order chi connectivity index (χ1) is 8.11. The molecule has 2 fully saturated rings. The monoisotopic (exact) mass is 242 g/mol. The Labute approximate surface area is 105 Å². The molecule has 0 atom stereocenters. The summed E-state index contributed by atoms with van der Waals surface area (Å²) < 4.78 is 5.67. The zero-order valence-electron chi connectivity index (χ0n) is 11.6. The van der Waals surface area contributed by atoms with Crippen LogP contribution in [0.2, 0.25) is 0 Å². The summed E-state index contributed by atoms with van der Waals surface area (Å²) in [5.41, 5.74) is 0.0474. The van der Waals surface area contributed by atoms with Gasteiger partial charge in [-0.1, -0.05) is 27.7 Å². The Morgan fingerprint density at radius 3 is 2.59 bits per heavy atom. The van der Waals surface area contributed by atoms with E-state index in [4.69, 9.17) is 4.74 Å². The van der Waals surface area contributed by atoms with Crippen LogP contribution < -0.4 is 5.32 Å². The van der Waals surface area contributed by atoms with E-state index in [1.807, 2.05) is 18.7 Å². The van der Waals surface area contributed by atoms with Crippen LogP contribution in [0, 0.1) is 0 Å². The molecule has 2 aliphatic rings. The summed E-state index contributed by atoms with van der Waals surface area (Å²) >= 11 is 0. The molecule has 0 aromatic heterocycles. The van der Waals surface area contributed by atoms with Crippen molar-refractivity contribution in [3.63, 3.8) is 0 Å². The number of hydrogen-bond donors (Lipinski definition) is 1. The van der Waals surface area contributed by atoms with Gasteiger partial charge in [0.05, 0.1) is 18.8 Å². The third-order valence-corrected chi connectivity index (χ3v) is 3.07. The molecule has 0 radical (unpaired) electrons. The smallest absolute Gasteiger partial charge is 0.236 e. The molecule has 0 bridgehead atoms. The van der Waals surface area contributed by atoms with E-state index >= 15 is 0 Å². The zero-order chi connectivity index (χ0) is 12.9. The maximum atomic E-state index is 11.8. The average molecular weight is 242 g/mol. The number of morpholine rings is 1. The maximum Gasteiger partial charge on any atom is 0.236 e. The molecule has 4 nitrogen and oxygen atoms in total. The molecule has 1 saturated carbocycles. The molecule has 0 aromatic rings. The van der Waals surface area contributed by atoms with E-state index in [9.17, 15) is 4.79 Å². The van der Waals surface area contributed by atoms with Crippen LogP contribution >= 0.6 is 0 Å². The number of carbonyl (C=O) groups excluding carboxylic acids is 1. The second-order valence-electron chi connectivity index (χ2n) is 4.88. The molecule has 0 unspecified atom stereocenters. The molecular formula is C13H26N2O2. The van der Waals surface area contributed by atoms with Crippen molar-refractivity contribution in [3.8, 4) is 0 Å². The first-order valence-electron chi connectivity index (χ1n) is 6.76. The lowest BCUT2D eigenvalue weighted by Gasteiger charge is -2.33. The summed E-state index contributed by atoms with van der Waals surface area (Å²) in [6, 6.07) is 0.366. The molecule has 100 valence electrons. The van der Waals surface area contributed by atoms with Gasteiger partial charge in [-0.3, -0.25) is 4.79 Å². The molecule has 2 rings (SSSR count). The van der Waals surface area contributed by atoms with Crippen LogP contribution in [0.5, 0.6) is 0 Å². The van der Waals surface area contributed by atoms with Gasteiger partial charge in [-0.15, -0.1) is 0 Å². The van der Waals surface area contributed by atoms with Gasteiger partial charge in [0.1, 0.15) is 0 Å². The number of hydrogen-bond acceptors (Lipinski definition) is 3. The van der Waals surface area contributed by atoms with Crippen molar-refractivity contribution >= 4 is 5.91 Å². The summed E-state index contributed by atoms with van der Waals surface area (Å²) in [6.45, 7) is 10.8. The molecule has 1 heterocycles. The lowest BCUT2D eigenvalue weighted by atomic mass is 10.2. The third-order valence-electron chi connectivity index (χ3n) is 3.07. The lowest BCUT2D eigenvalue weighted by Crippen LogP contribution is -2.50. The van der Waals surface area contributed by atoms with Gasteiger partial charge in [0.2, 0.25) is 5.91 Å². The Bertz CT molecular complexity index is 250. The average Bonchev–Trinajstić information content (AvgIpc) is 3.08. The van der Waals surface area contributed by atoms with Crippen molar-refractivity contribution in [2.75, 3.05) is 26.2 Å². The van der Waals surface area contributed by atoms with E-state index in [1.165, 1.54) is 0 Å². The molecular weight excluding hydrogens is 216 g/mol. The van der Waals surface area contributed by atoms with Crippen molar-refractivity contribution in [2.24, 2.45) is 0 Å². The summed E-state index contributed by atoms with van der Waals surface area (Å²) in [4.78, 5) is 13.8. The predicted molar refractivity (Wildman–Crippen MR) is 69.0 cm³/mol. The molecule has 1 aliphatic carbocycles. The highest BCUT2D eigenvalue weighted by molar-refractivity contribution is 5.78. The summed E-state index contributed by atoms with van der Waals surface area (Å²) in [5.74, 6) is 0.207. The van der Waals surface area contributed by atoms with Crippen molar-refractivity contribution < 1.29 is 9.53 Å². The molecule has 1 amide bonds. The van der Waals surface area contributed by atoms with Gasteiger partial charge in [-0.2, -0.15) is 0 Å². The minimum absolute atomic E-state index is 0.0474. The van der Waals surface area contributed by atoms with Gasteiger partial charge in [-0.05, 0) is 12.8 Å². The second-order valence-corrected chi connectivity index (χ2v) is 4.88. The van der Waals surface area contributed by atoms with Crippen LogP contribution in [-0.4, -0.2) is 48.7 Å². The fourth-order valence-corrected chi connectivity index (χ4v) is 1.90. The van der Waals surface area contributed by atoms with Gasteiger partial charge >= 0.3 is 0 Å². The zero-order valence-corrected chi connectivity index (χ0v) is 11.6. The summed E-state index contributed by atoms with van der Waals surface area (Å²) in [6.07, 6.45) is 2.24. The highest BCUT2D eigenvalue weighted by atomic mass is 16.5. The van der Waals surface area contributed by atoms with E-state index in [0.717, 1.165) is 25.9 Å². The van der Waals surface area contributed by atoms with E-state index in [-0.39, 0.29) is 11.5 Å². The van der Waals surface area contributed by atoms with E-state index in [0.29, 0.717) is 19.2 Å². The number of ether oxygens (including phenoxy) is 1. The van der Waals surface area contributed by atoms with Gasteiger partial charge in [-0.25, -0.2) is 0 Å². The molecule has 1 N–H and O–H groups in total. The SMILES string of the molecule is CC.CC(C)NCC(=O)N1CCOC2(CC2)C1. The van der Waals surface area contributed by atoms with Crippen LogP contribution in [0.4, 0.5) is 0 Å². The molecule has 1 spiro atoms. The van der Waals surface area contributed by atoms with Gasteiger partial charge in [0.15, 0.2) is 0 Å². The topological polar surface area (TPSA) is 41.6 Å².